The standard InChI is InChI=1S/C15H19ClO4/c1-3-15(4-2)19-11(9-13(17)18)8-10-6-5-7-12(16)14(10)20-15/h5-7,11H,3-4,8-9H2,1-2H3,(H,17,18). The number of para-hydroxylation sites is 1. The summed E-state index contributed by atoms with van der Waals surface area (Å²) in [6.45, 7) is 3.92. The fraction of sp³-hybridized carbons (Fsp3) is 0.533. The van der Waals surface area contributed by atoms with Crippen LogP contribution < -0.4 is 4.74 Å². The van der Waals surface area contributed by atoms with Crippen LogP contribution in [0.5, 0.6) is 5.75 Å². The van der Waals surface area contributed by atoms with Gasteiger partial charge in [-0.3, -0.25) is 4.79 Å². The molecule has 0 saturated heterocycles. The first-order valence-corrected chi connectivity index (χ1v) is 7.23. The molecule has 0 amide bonds. The number of benzene rings is 1. The van der Waals surface area contributed by atoms with E-state index in [0.29, 0.717) is 30.0 Å². The summed E-state index contributed by atoms with van der Waals surface area (Å²) in [4.78, 5) is 11.0. The van der Waals surface area contributed by atoms with Crippen LogP contribution in [0.1, 0.15) is 38.7 Å². The summed E-state index contributed by atoms with van der Waals surface area (Å²) in [5.74, 6) is -1.07. The highest BCUT2D eigenvalue weighted by atomic mass is 35.5. The van der Waals surface area contributed by atoms with Gasteiger partial charge in [0.15, 0.2) is 0 Å². The van der Waals surface area contributed by atoms with Gasteiger partial charge < -0.3 is 14.6 Å². The fourth-order valence-electron chi connectivity index (χ4n) is 2.50. The molecule has 1 unspecified atom stereocenters. The smallest absolute Gasteiger partial charge is 0.305 e. The lowest BCUT2D eigenvalue weighted by atomic mass is 10.0. The summed E-state index contributed by atoms with van der Waals surface area (Å²) in [7, 11) is 0. The molecule has 0 radical (unpaired) electrons. The van der Waals surface area contributed by atoms with Gasteiger partial charge in [-0.1, -0.05) is 37.6 Å². The van der Waals surface area contributed by atoms with Gasteiger partial charge in [0, 0.05) is 19.3 Å². The molecule has 0 aromatic heterocycles. The van der Waals surface area contributed by atoms with Crippen molar-refractivity contribution in [3.05, 3.63) is 28.8 Å². The summed E-state index contributed by atoms with van der Waals surface area (Å²) in [5, 5.41) is 9.56. The van der Waals surface area contributed by atoms with Crippen LogP contribution >= 0.6 is 11.6 Å². The lowest BCUT2D eigenvalue weighted by Crippen LogP contribution is -2.41. The summed E-state index contributed by atoms with van der Waals surface area (Å²) in [6.07, 6.45) is 1.29. The van der Waals surface area contributed by atoms with Gasteiger partial charge in [-0.15, -0.1) is 0 Å². The van der Waals surface area contributed by atoms with Crippen LogP contribution in [0.15, 0.2) is 18.2 Å². The van der Waals surface area contributed by atoms with Gasteiger partial charge in [-0.2, -0.15) is 0 Å². The predicted octanol–water partition coefficient (Wildman–Crippen LogP) is 3.65. The highest BCUT2D eigenvalue weighted by Gasteiger charge is 2.38. The third kappa shape index (κ3) is 3.07. The van der Waals surface area contributed by atoms with Crippen LogP contribution in [0.3, 0.4) is 0 Å². The third-order valence-corrected chi connectivity index (χ3v) is 3.94. The van der Waals surface area contributed by atoms with Crippen molar-refractivity contribution in [1.82, 2.24) is 0 Å². The van der Waals surface area contributed by atoms with Crippen molar-refractivity contribution in [3.63, 3.8) is 0 Å². The lowest BCUT2D eigenvalue weighted by molar-refractivity contribution is -0.211. The molecule has 0 bridgehead atoms. The number of ether oxygens (including phenoxy) is 2. The number of carbonyl (C=O) groups is 1. The van der Waals surface area contributed by atoms with Crippen LogP contribution in [-0.2, 0) is 16.0 Å². The molecule has 1 aromatic rings. The summed E-state index contributed by atoms with van der Waals surface area (Å²) < 4.78 is 12.0. The Labute approximate surface area is 123 Å². The Morgan fingerprint density at radius 2 is 2.15 bits per heavy atom. The van der Waals surface area contributed by atoms with E-state index in [0.717, 1.165) is 5.56 Å². The van der Waals surface area contributed by atoms with Crippen molar-refractivity contribution in [2.75, 3.05) is 0 Å². The SMILES string of the molecule is CCC1(CC)Oc2c(Cl)cccc2CC(CC(=O)O)O1. The molecule has 1 atom stereocenters. The van der Waals surface area contributed by atoms with E-state index < -0.39 is 17.9 Å². The first-order chi connectivity index (χ1) is 9.49. The second-order valence-corrected chi connectivity index (χ2v) is 5.40. The molecule has 0 fully saturated rings. The normalized spacial score (nSPS) is 20.6. The maximum absolute atomic E-state index is 11.0. The Hall–Kier alpha value is -1.26. The van der Waals surface area contributed by atoms with E-state index in [-0.39, 0.29) is 6.42 Å². The molecule has 0 spiro atoms. The molecule has 1 aliphatic heterocycles. The van der Waals surface area contributed by atoms with E-state index in [1.165, 1.54) is 0 Å². The van der Waals surface area contributed by atoms with E-state index in [1.54, 1.807) is 6.07 Å². The zero-order valence-electron chi connectivity index (χ0n) is 11.7. The van der Waals surface area contributed by atoms with Crippen LogP contribution in [0, 0.1) is 0 Å². The van der Waals surface area contributed by atoms with Crippen LogP contribution in [0.2, 0.25) is 5.02 Å². The minimum Gasteiger partial charge on any atom is -0.481 e. The second kappa shape index (κ2) is 6.02. The molecule has 1 heterocycles. The molecule has 0 aliphatic carbocycles. The van der Waals surface area contributed by atoms with E-state index in [1.807, 2.05) is 26.0 Å². The van der Waals surface area contributed by atoms with Gasteiger partial charge in [0.1, 0.15) is 5.75 Å². The van der Waals surface area contributed by atoms with E-state index >= 15 is 0 Å². The Kier molecular flexibility index (Phi) is 4.55. The zero-order valence-corrected chi connectivity index (χ0v) is 12.4. The number of hydrogen-bond donors (Lipinski definition) is 1. The second-order valence-electron chi connectivity index (χ2n) is 4.99. The molecule has 1 N–H and O–H groups in total. The van der Waals surface area contributed by atoms with Gasteiger partial charge in [0.05, 0.1) is 17.5 Å². The monoisotopic (exact) mass is 298 g/mol. The van der Waals surface area contributed by atoms with Crippen molar-refractivity contribution in [2.24, 2.45) is 0 Å². The van der Waals surface area contributed by atoms with Gasteiger partial charge in [-0.25, -0.2) is 0 Å². The first kappa shape index (κ1) is 15.1. The van der Waals surface area contributed by atoms with Gasteiger partial charge in [0.2, 0.25) is 5.79 Å². The lowest BCUT2D eigenvalue weighted by Gasteiger charge is -2.33. The molecule has 2 rings (SSSR count). The number of rotatable bonds is 4. The number of aliphatic carboxylic acids is 1. The summed E-state index contributed by atoms with van der Waals surface area (Å²) in [5.41, 5.74) is 0.896. The van der Waals surface area contributed by atoms with Crippen molar-refractivity contribution < 1.29 is 19.4 Å². The number of hydrogen-bond acceptors (Lipinski definition) is 3. The minimum atomic E-state index is -0.874. The topological polar surface area (TPSA) is 55.8 Å². The molecule has 110 valence electrons. The van der Waals surface area contributed by atoms with Crippen LogP contribution in [-0.4, -0.2) is 23.0 Å². The average molecular weight is 299 g/mol. The maximum Gasteiger partial charge on any atom is 0.305 e. The molecule has 5 heteroatoms. The molecule has 4 nitrogen and oxygen atoms in total. The number of carboxylic acids is 1. The van der Waals surface area contributed by atoms with Crippen LogP contribution in [0.4, 0.5) is 0 Å². The average Bonchev–Trinajstić information content (AvgIpc) is 2.56. The van der Waals surface area contributed by atoms with Gasteiger partial charge >= 0.3 is 5.97 Å². The Bertz CT molecular complexity index is 497. The number of fused-ring (bicyclic) bond motifs is 1. The molecule has 1 aromatic carbocycles. The minimum absolute atomic E-state index is 0.0446. The highest BCUT2D eigenvalue weighted by Crippen LogP contribution is 2.39. The van der Waals surface area contributed by atoms with E-state index in [2.05, 4.69) is 0 Å². The Balaban J connectivity index is 2.41. The zero-order chi connectivity index (χ0) is 14.8. The highest BCUT2D eigenvalue weighted by molar-refractivity contribution is 6.32. The molecular weight excluding hydrogens is 280 g/mol. The predicted molar refractivity (Wildman–Crippen MR) is 76.2 cm³/mol. The van der Waals surface area contributed by atoms with Gasteiger partial charge in [0.25, 0.3) is 0 Å². The van der Waals surface area contributed by atoms with E-state index in [4.69, 9.17) is 26.2 Å². The van der Waals surface area contributed by atoms with Crippen molar-refractivity contribution in [1.29, 1.82) is 0 Å². The summed E-state index contributed by atoms with van der Waals surface area (Å²) in [6, 6.07) is 5.52. The Morgan fingerprint density at radius 1 is 1.45 bits per heavy atom. The molecule has 20 heavy (non-hydrogen) atoms. The van der Waals surface area contributed by atoms with E-state index in [9.17, 15) is 4.79 Å². The first-order valence-electron chi connectivity index (χ1n) is 6.85. The van der Waals surface area contributed by atoms with Crippen molar-refractivity contribution in [3.8, 4) is 5.75 Å². The maximum atomic E-state index is 11.0. The molecular formula is C15H19ClO4. The van der Waals surface area contributed by atoms with Crippen molar-refractivity contribution >= 4 is 17.6 Å². The fourth-order valence-corrected chi connectivity index (χ4v) is 2.73. The number of carboxylic acid groups (broad SMARTS) is 1. The summed E-state index contributed by atoms with van der Waals surface area (Å²) >= 11 is 6.21. The molecule has 0 saturated carbocycles. The third-order valence-electron chi connectivity index (χ3n) is 3.65. The van der Waals surface area contributed by atoms with Crippen molar-refractivity contribution in [2.45, 2.75) is 51.4 Å². The Morgan fingerprint density at radius 3 is 2.75 bits per heavy atom. The largest absolute Gasteiger partial charge is 0.481 e. The van der Waals surface area contributed by atoms with Crippen LogP contribution in [0.25, 0.3) is 0 Å². The van der Waals surface area contributed by atoms with Gasteiger partial charge in [-0.05, 0) is 11.6 Å². The quantitative estimate of drug-likeness (QED) is 0.922. The number of halogens is 1. The molecule has 1 aliphatic rings.